The maximum absolute atomic E-state index is 12.7. The number of benzene rings is 1. The number of amides is 1. The van der Waals surface area contributed by atoms with Crippen LogP contribution in [0.25, 0.3) is 0 Å². The summed E-state index contributed by atoms with van der Waals surface area (Å²) in [5.41, 5.74) is 1.70. The Morgan fingerprint density at radius 1 is 1.14 bits per heavy atom. The number of anilines is 1. The lowest BCUT2D eigenvalue weighted by atomic mass is 9.93. The zero-order valence-electron chi connectivity index (χ0n) is 17.4. The molecule has 2 aromatic rings. The summed E-state index contributed by atoms with van der Waals surface area (Å²) in [6.45, 7) is 4.35. The molecule has 0 aliphatic rings. The first-order valence-corrected chi connectivity index (χ1v) is 9.97. The summed E-state index contributed by atoms with van der Waals surface area (Å²) < 4.78 is 5.43. The van der Waals surface area contributed by atoms with Crippen molar-refractivity contribution in [2.24, 2.45) is 0 Å². The smallest absolute Gasteiger partial charge is 0.273 e. The Hall–Kier alpha value is -3.02. The van der Waals surface area contributed by atoms with Crippen molar-refractivity contribution in [3.8, 4) is 5.75 Å². The highest BCUT2D eigenvalue weighted by atomic mass is 16.5. The van der Waals surface area contributed by atoms with Gasteiger partial charge in [0, 0.05) is 24.9 Å². The normalized spacial score (nSPS) is 11.6. The zero-order valence-corrected chi connectivity index (χ0v) is 17.4. The van der Waals surface area contributed by atoms with Gasteiger partial charge in [0.1, 0.15) is 11.6 Å². The van der Waals surface area contributed by atoms with Crippen LogP contribution in [0.15, 0.2) is 48.7 Å². The Labute approximate surface area is 172 Å². The molecule has 1 heterocycles. The van der Waals surface area contributed by atoms with Crippen molar-refractivity contribution in [3.05, 3.63) is 54.2 Å². The van der Waals surface area contributed by atoms with E-state index in [2.05, 4.69) is 11.9 Å². The van der Waals surface area contributed by atoms with E-state index in [4.69, 9.17) is 15.6 Å². The molecule has 1 aromatic heterocycles. The van der Waals surface area contributed by atoms with Crippen LogP contribution in [0.3, 0.4) is 0 Å². The van der Waals surface area contributed by atoms with Crippen LogP contribution in [0.4, 0.5) is 5.82 Å². The number of methoxy groups -OCH3 is 1. The summed E-state index contributed by atoms with van der Waals surface area (Å²) >= 11 is 0. The minimum atomic E-state index is -0.337. The van der Waals surface area contributed by atoms with Crippen LogP contribution in [0.2, 0.25) is 0 Å². The molecule has 154 valence electrons. The summed E-state index contributed by atoms with van der Waals surface area (Å²) in [7, 11) is 1.65. The minimum absolute atomic E-state index is 0.0760. The van der Waals surface area contributed by atoms with Crippen LogP contribution in [0.1, 0.15) is 51.0 Å². The van der Waals surface area contributed by atoms with Crippen LogP contribution >= 0.6 is 0 Å². The van der Waals surface area contributed by atoms with Crippen molar-refractivity contribution in [2.75, 3.05) is 18.6 Å². The SMILES string of the molecule is CCCC(=N)C(=O)N(CCC(=N)CC(C)c1ccccc1OC)c1ccccn1. The number of nitrogens with zero attached hydrogens (tertiary/aromatic N) is 2. The van der Waals surface area contributed by atoms with Crippen LogP contribution in [-0.4, -0.2) is 36.0 Å². The predicted molar refractivity (Wildman–Crippen MR) is 118 cm³/mol. The number of ether oxygens (including phenoxy) is 1. The van der Waals surface area contributed by atoms with Crippen molar-refractivity contribution in [2.45, 2.75) is 45.4 Å². The first-order chi connectivity index (χ1) is 14.0. The topological polar surface area (TPSA) is 90.1 Å². The van der Waals surface area contributed by atoms with E-state index < -0.39 is 0 Å². The lowest BCUT2D eigenvalue weighted by molar-refractivity contribution is -0.112. The highest BCUT2D eigenvalue weighted by Gasteiger charge is 2.21. The lowest BCUT2D eigenvalue weighted by Gasteiger charge is -2.23. The van der Waals surface area contributed by atoms with Gasteiger partial charge in [0.05, 0.1) is 12.8 Å². The van der Waals surface area contributed by atoms with Crippen LogP contribution in [0, 0.1) is 10.8 Å². The third kappa shape index (κ3) is 6.24. The van der Waals surface area contributed by atoms with Gasteiger partial charge in [-0.3, -0.25) is 15.1 Å². The molecule has 0 spiro atoms. The van der Waals surface area contributed by atoms with Gasteiger partial charge < -0.3 is 10.1 Å². The van der Waals surface area contributed by atoms with E-state index in [0.717, 1.165) is 17.7 Å². The van der Waals surface area contributed by atoms with Crippen molar-refractivity contribution in [3.63, 3.8) is 0 Å². The second kappa shape index (κ2) is 11.1. The van der Waals surface area contributed by atoms with Gasteiger partial charge in [-0.1, -0.05) is 44.5 Å². The summed E-state index contributed by atoms with van der Waals surface area (Å²) in [4.78, 5) is 18.5. The molecule has 0 aliphatic heterocycles. The second-order valence-corrected chi connectivity index (χ2v) is 7.07. The number of pyridine rings is 1. The Balaban J connectivity index is 2.05. The second-order valence-electron chi connectivity index (χ2n) is 7.07. The molecule has 0 bridgehead atoms. The molecule has 0 saturated carbocycles. The third-order valence-electron chi connectivity index (χ3n) is 4.79. The summed E-state index contributed by atoms with van der Waals surface area (Å²) in [6.07, 6.45) is 3.82. The largest absolute Gasteiger partial charge is 0.496 e. The molecule has 1 aromatic carbocycles. The Bertz CT molecular complexity index is 836. The molecular formula is C23H30N4O2. The number of nitrogens with one attached hydrogen (secondary N) is 2. The van der Waals surface area contributed by atoms with E-state index in [1.165, 1.54) is 4.90 Å². The molecule has 6 nitrogen and oxygen atoms in total. The monoisotopic (exact) mass is 394 g/mol. The Kier molecular flexibility index (Phi) is 8.52. The minimum Gasteiger partial charge on any atom is -0.496 e. The molecule has 6 heteroatoms. The number of para-hydroxylation sites is 1. The van der Waals surface area contributed by atoms with Crippen LogP contribution in [-0.2, 0) is 4.79 Å². The van der Waals surface area contributed by atoms with Gasteiger partial charge in [-0.05, 0) is 42.5 Å². The number of rotatable bonds is 11. The van der Waals surface area contributed by atoms with E-state index in [1.807, 2.05) is 37.3 Å². The first kappa shape index (κ1) is 22.3. The molecule has 0 saturated heterocycles. The summed E-state index contributed by atoms with van der Waals surface area (Å²) in [5.74, 6) is 1.14. The van der Waals surface area contributed by atoms with Crippen molar-refractivity contribution >= 4 is 23.1 Å². The van der Waals surface area contributed by atoms with E-state index in [0.29, 0.717) is 37.3 Å². The lowest BCUT2D eigenvalue weighted by Crippen LogP contribution is -2.38. The highest BCUT2D eigenvalue weighted by Crippen LogP contribution is 2.29. The highest BCUT2D eigenvalue weighted by molar-refractivity contribution is 6.42. The fourth-order valence-electron chi connectivity index (χ4n) is 3.26. The first-order valence-electron chi connectivity index (χ1n) is 9.97. The van der Waals surface area contributed by atoms with Gasteiger partial charge in [-0.2, -0.15) is 0 Å². The molecule has 2 N–H and O–H groups in total. The number of carbonyl (C=O) groups excluding carboxylic acids is 1. The maximum Gasteiger partial charge on any atom is 0.273 e. The molecule has 1 amide bonds. The summed E-state index contributed by atoms with van der Waals surface area (Å²) in [6, 6.07) is 13.2. The van der Waals surface area contributed by atoms with Crippen molar-refractivity contribution in [1.29, 1.82) is 10.8 Å². The van der Waals surface area contributed by atoms with Gasteiger partial charge in [-0.15, -0.1) is 0 Å². The molecule has 2 rings (SSSR count). The fraction of sp³-hybridized carbons (Fsp3) is 0.391. The molecule has 1 unspecified atom stereocenters. The number of carbonyl (C=O) groups is 1. The van der Waals surface area contributed by atoms with Gasteiger partial charge in [-0.25, -0.2) is 4.98 Å². The number of hydrogen-bond acceptors (Lipinski definition) is 5. The zero-order chi connectivity index (χ0) is 21.2. The molecule has 1 atom stereocenters. The molecule has 29 heavy (non-hydrogen) atoms. The van der Waals surface area contributed by atoms with Crippen molar-refractivity contribution in [1.82, 2.24) is 4.98 Å². The molecule has 0 radical (unpaired) electrons. The quantitative estimate of drug-likeness (QED) is 0.534. The van der Waals surface area contributed by atoms with Crippen molar-refractivity contribution < 1.29 is 9.53 Å². The number of aromatic nitrogens is 1. The molecule has 0 fully saturated rings. The van der Waals surface area contributed by atoms with Gasteiger partial charge in [0.2, 0.25) is 0 Å². The van der Waals surface area contributed by atoms with Gasteiger partial charge >= 0.3 is 0 Å². The van der Waals surface area contributed by atoms with E-state index in [9.17, 15) is 4.79 Å². The predicted octanol–water partition coefficient (Wildman–Crippen LogP) is 4.85. The van der Waals surface area contributed by atoms with Crippen LogP contribution in [0.5, 0.6) is 5.75 Å². The Morgan fingerprint density at radius 2 is 1.86 bits per heavy atom. The number of hydrogen-bond donors (Lipinski definition) is 2. The maximum atomic E-state index is 12.7. The Morgan fingerprint density at radius 3 is 2.52 bits per heavy atom. The molecular weight excluding hydrogens is 364 g/mol. The van der Waals surface area contributed by atoms with E-state index in [1.54, 1.807) is 25.4 Å². The van der Waals surface area contributed by atoms with Gasteiger partial charge in [0.15, 0.2) is 0 Å². The van der Waals surface area contributed by atoms with Crippen LogP contribution < -0.4 is 9.64 Å². The van der Waals surface area contributed by atoms with E-state index >= 15 is 0 Å². The van der Waals surface area contributed by atoms with E-state index in [-0.39, 0.29) is 17.5 Å². The molecule has 0 aliphatic carbocycles. The average molecular weight is 395 g/mol. The average Bonchev–Trinajstić information content (AvgIpc) is 2.74. The standard InChI is InChI=1S/C23H30N4O2/c1-4-9-20(25)23(28)27(22-12-7-8-14-26-22)15-13-18(24)16-17(2)19-10-5-6-11-21(19)29-3/h5-8,10-12,14,17,24-25H,4,9,13,15-16H2,1-3H3. The fourth-order valence-corrected chi connectivity index (χ4v) is 3.26. The third-order valence-corrected chi connectivity index (χ3v) is 4.79. The van der Waals surface area contributed by atoms with Gasteiger partial charge in [0.25, 0.3) is 5.91 Å². The summed E-state index contributed by atoms with van der Waals surface area (Å²) in [5, 5.41) is 16.5.